The van der Waals surface area contributed by atoms with E-state index in [-0.39, 0.29) is 11.9 Å². The average Bonchev–Trinajstić information content (AvgIpc) is 2.46. The molecule has 0 radical (unpaired) electrons. The molecule has 5 N–H and O–H groups in total. The van der Waals surface area contributed by atoms with E-state index in [0.717, 1.165) is 12.1 Å². The summed E-state index contributed by atoms with van der Waals surface area (Å²) in [7, 11) is 0. The van der Waals surface area contributed by atoms with Gasteiger partial charge < -0.3 is 21.3 Å². The summed E-state index contributed by atoms with van der Waals surface area (Å²) >= 11 is 0. The maximum absolute atomic E-state index is 12.7. The largest absolute Gasteiger partial charge is 0.416 e. The SMILES string of the molecule is N=C(N=C(N)N)N1CCN(c2cccc(C(F)(F)F)c2)CC1. The number of piperazine rings is 1. The Kier molecular flexibility index (Phi) is 4.43. The Bertz CT molecular complexity index is 571. The van der Waals surface area contributed by atoms with Crippen LogP contribution in [0.5, 0.6) is 0 Å². The van der Waals surface area contributed by atoms with E-state index in [9.17, 15) is 13.2 Å². The number of nitrogens with two attached hydrogens (primary N) is 2. The second-order valence-corrected chi connectivity index (χ2v) is 4.88. The fourth-order valence-corrected chi connectivity index (χ4v) is 2.25. The zero-order valence-electron chi connectivity index (χ0n) is 11.8. The molecule has 0 aliphatic carbocycles. The third-order valence-electron chi connectivity index (χ3n) is 3.35. The van der Waals surface area contributed by atoms with Crippen LogP contribution in [0, 0.1) is 5.41 Å². The Hall–Kier alpha value is -2.45. The highest BCUT2D eigenvalue weighted by Gasteiger charge is 2.31. The van der Waals surface area contributed by atoms with Crippen LogP contribution in [-0.2, 0) is 6.18 Å². The maximum atomic E-state index is 12.7. The first-order chi connectivity index (χ1) is 10.3. The first-order valence-electron chi connectivity index (χ1n) is 6.63. The van der Waals surface area contributed by atoms with Crippen LogP contribution >= 0.6 is 0 Å². The molecule has 1 aliphatic rings. The van der Waals surface area contributed by atoms with Crippen molar-refractivity contribution in [2.75, 3.05) is 31.1 Å². The predicted octanol–water partition coefficient (Wildman–Crippen LogP) is 1.04. The molecule has 1 saturated heterocycles. The summed E-state index contributed by atoms with van der Waals surface area (Å²) in [6, 6.07) is 5.23. The van der Waals surface area contributed by atoms with Gasteiger partial charge in [-0.3, -0.25) is 5.41 Å². The van der Waals surface area contributed by atoms with Crippen LogP contribution in [0.1, 0.15) is 5.56 Å². The van der Waals surface area contributed by atoms with Crippen molar-refractivity contribution in [3.63, 3.8) is 0 Å². The number of rotatable bonds is 1. The standard InChI is InChI=1S/C13H17F3N6/c14-13(15,16)9-2-1-3-10(8-9)21-4-6-22(7-5-21)12(19)20-11(17)18/h1-3,8H,4-7H2,(H5,17,18,19,20). The molecule has 1 heterocycles. The minimum absolute atomic E-state index is 0.0382. The third-order valence-corrected chi connectivity index (χ3v) is 3.35. The van der Waals surface area contributed by atoms with Gasteiger partial charge in [0, 0.05) is 31.9 Å². The molecule has 1 aliphatic heterocycles. The zero-order chi connectivity index (χ0) is 16.3. The van der Waals surface area contributed by atoms with Gasteiger partial charge >= 0.3 is 6.18 Å². The van der Waals surface area contributed by atoms with Crippen LogP contribution in [0.15, 0.2) is 29.3 Å². The number of hydrogen-bond acceptors (Lipinski definition) is 2. The minimum Gasteiger partial charge on any atom is -0.370 e. The first-order valence-corrected chi connectivity index (χ1v) is 6.63. The van der Waals surface area contributed by atoms with E-state index in [0.29, 0.717) is 31.9 Å². The van der Waals surface area contributed by atoms with Gasteiger partial charge in [0.05, 0.1) is 5.56 Å². The molecule has 1 fully saturated rings. The molecule has 2 rings (SSSR count). The van der Waals surface area contributed by atoms with Crippen LogP contribution in [0.25, 0.3) is 0 Å². The molecule has 0 unspecified atom stereocenters. The van der Waals surface area contributed by atoms with Crippen molar-refractivity contribution in [2.45, 2.75) is 6.18 Å². The Balaban J connectivity index is 2.03. The maximum Gasteiger partial charge on any atom is 0.416 e. The molecule has 0 atom stereocenters. The summed E-state index contributed by atoms with van der Waals surface area (Å²) in [4.78, 5) is 7.17. The summed E-state index contributed by atoms with van der Waals surface area (Å²) in [5, 5.41) is 7.71. The average molecular weight is 314 g/mol. The normalized spacial score (nSPS) is 15.6. The molecule has 120 valence electrons. The molecule has 0 spiro atoms. The fourth-order valence-electron chi connectivity index (χ4n) is 2.25. The Morgan fingerprint density at radius 3 is 2.32 bits per heavy atom. The molecule has 1 aromatic rings. The second kappa shape index (κ2) is 6.12. The van der Waals surface area contributed by atoms with E-state index in [4.69, 9.17) is 16.9 Å². The topological polar surface area (TPSA) is 94.7 Å². The lowest BCUT2D eigenvalue weighted by molar-refractivity contribution is -0.137. The summed E-state index contributed by atoms with van der Waals surface area (Å²) in [6.45, 7) is 1.91. The summed E-state index contributed by atoms with van der Waals surface area (Å²) in [5.41, 5.74) is 10.3. The fraction of sp³-hybridized carbons (Fsp3) is 0.385. The number of hydrogen-bond donors (Lipinski definition) is 3. The van der Waals surface area contributed by atoms with Gasteiger partial charge in [-0.2, -0.15) is 18.2 Å². The van der Waals surface area contributed by atoms with Crippen molar-refractivity contribution in [2.24, 2.45) is 16.5 Å². The molecule has 0 bridgehead atoms. The number of anilines is 1. The van der Waals surface area contributed by atoms with Crippen LogP contribution in [-0.4, -0.2) is 43.0 Å². The van der Waals surface area contributed by atoms with Crippen LogP contribution in [0.2, 0.25) is 0 Å². The van der Waals surface area contributed by atoms with Crippen molar-refractivity contribution < 1.29 is 13.2 Å². The molecular weight excluding hydrogens is 297 g/mol. The van der Waals surface area contributed by atoms with E-state index in [1.165, 1.54) is 6.07 Å². The lowest BCUT2D eigenvalue weighted by Crippen LogP contribution is -2.48. The summed E-state index contributed by atoms with van der Waals surface area (Å²) < 4.78 is 38.2. The molecule has 6 nitrogen and oxygen atoms in total. The quantitative estimate of drug-likeness (QED) is 0.533. The zero-order valence-corrected chi connectivity index (χ0v) is 11.8. The van der Waals surface area contributed by atoms with Crippen molar-refractivity contribution in [3.8, 4) is 0 Å². The van der Waals surface area contributed by atoms with Gasteiger partial charge in [0.15, 0.2) is 5.96 Å². The Labute approximate surface area is 125 Å². The van der Waals surface area contributed by atoms with Crippen LogP contribution < -0.4 is 16.4 Å². The molecule has 9 heteroatoms. The number of benzene rings is 1. The van der Waals surface area contributed by atoms with E-state index < -0.39 is 11.7 Å². The molecule has 0 saturated carbocycles. The lowest BCUT2D eigenvalue weighted by atomic mass is 10.1. The lowest BCUT2D eigenvalue weighted by Gasteiger charge is -2.36. The van der Waals surface area contributed by atoms with Crippen molar-refractivity contribution in [1.82, 2.24) is 4.90 Å². The highest BCUT2D eigenvalue weighted by Crippen LogP contribution is 2.31. The van der Waals surface area contributed by atoms with E-state index >= 15 is 0 Å². The Morgan fingerprint density at radius 2 is 1.77 bits per heavy atom. The number of alkyl halides is 3. The molecule has 0 aromatic heterocycles. The van der Waals surface area contributed by atoms with Gasteiger partial charge in [-0.1, -0.05) is 6.07 Å². The van der Waals surface area contributed by atoms with Gasteiger partial charge in [0.25, 0.3) is 0 Å². The van der Waals surface area contributed by atoms with Gasteiger partial charge in [0.1, 0.15) is 0 Å². The second-order valence-electron chi connectivity index (χ2n) is 4.88. The first kappa shape index (κ1) is 15.9. The van der Waals surface area contributed by atoms with Crippen LogP contribution in [0.4, 0.5) is 18.9 Å². The van der Waals surface area contributed by atoms with Crippen molar-refractivity contribution in [1.29, 1.82) is 5.41 Å². The summed E-state index contributed by atoms with van der Waals surface area (Å²) in [5.74, 6) is -0.228. The monoisotopic (exact) mass is 314 g/mol. The van der Waals surface area contributed by atoms with Gasteiger partial charge in [-0.25, -0.2) is 0 Å². The molecule has 22 heavy (non-hydrogen) atoms. The highest BCUT2D eigenvalue weighted by atomic mass is 19.4. The van der Waals surface area contributed by atoms with E-state index in [1.54, 1.807) is 11.0 Å². The predicted molar refractivity (Wildman–Crippen MR) is 78.8 cm³/mol. The summed E-state index contributed by atoms with van der Waals surface area (Å²) in [6.07, 6.45) is -4.35. The van der Waals surface area contributed by atoms with Gasteiger partial charge in [0.2, 0.25) is 5.96 Å². The smallest absolute Gasteiger partial charge is 0.370 e. The molecular formula is C13H17F3N6. The van der Waals surface area contributed by atoms with Gasteiger partial charge in [-0.15, -0.1) is 0 Å². The Morgan fingerprint density at radius 1 is 1.14 bits per heavy atom. The number of aliphatic imine (C=N–C) groups is 1. The van der Waals surface area contributed by atoms with E-state index in [2.05, 4.69) is 4.99 Å². The number of nitrogens with one attached hydrogen (secondary N) is 1. The minimum atomic E-state index is -4.35. The molecule has 1 aromatic carbocycles. The van der Waals surface area contributed by atoms with Crippen LogP contribution in [0.3, 0.4) is 0 Å². The van der Waals surface area contributed by atoms with Crippen molar-refractivity contribution >= 4 is 17.6 Å². The van der Waals surface area contributed by atoms with Gasteiger partial charge in [-0.05, 0) is 18.2 Å². The number of halogens is 3. The number of nitrogens with zero attached hydrogens (tertiary/aromatic N) is 3. The molecule has 0 amide bonds. The number of guanidine groups is 2. The third kappa shape index (κ3) is 3.80. The highest BCUT2D eigenvalue weighted by molar-refractivity contribution is 5.91. The van der Waals surface area contributed by atoms with Crippen molar-refractivity contribution in [3.05, 3.63) is 29.8 Å². The van der Waals surface area contributed by atoms with E-state index in [1.807, 2.05) is 4.90 Å².